The van der Waals surface area contributed by atoms with Crippen molar-refractivity contribution in [2.24, 2.45) is 0 Å². The Bertz CT molecular complexity index is 504. The van der Waals surface area contributed by atoms with Crippen molar-refractivity contribution in [2.45, 2.75) is 17.7 Å². The van der Waals surface area contributed by atoms with Gasteiger partial charge in [0.15, 0.2) is 0 Å². The first-order chi connectivity index (χ1) is 8.55. The molecule has 0 aromatic carbocycles. The van der Waals surface area contributed by atoms with Crippen molar-refractivity contribution in [3.8, 4) is 0 Å². The highest BCUT2D eigenvalue weighted by atomic mass is 32.2. The second-order valence-electron chi connectivity index (χ2n) is 4.22. The van der Waals surface area contributed by atoms with Gasteiger partial charge in [-0.05, 0) is 25.6 Å². The number of hydrogen-bond acceptors (Lipinski definition) is 5. The number of hydrogen-bond donors (Lipinski definition) is 1. The van der Waals surface area contributed by atoms with Crippen LogP contribution in [-0.2, 0) is 21.3 Å². The average molecular weight is 290 g/mol. The topological polar surface area (TPSA) is 58.6 Å². The summed E-state index contributed by atoms with van der Waals surface area (Å²) in [5, 5.41) is 3.05. The molecule has 0 atom stereocenters. The van der Waals surface area contributed by atoms with E-state index in [1.54, 1.807) is 6.07 Å². The lowest BCUT2D eigenvalue weighted by Crippen LogP contribution is -2.40. The molecule has 1 aliphatic heterocycles. The zero-order valence-corrected chi connectivity index (χ0v) is 12.2. The van der Waals surface area contributed by atoms with Crippen LogP contribution in [0.3, 0.4) is 0 Å². The monoisotopic (exact) mass is 290 g/mol. The van der Waals surface area contributed by atoms with E-state index < -0.39 is 10.0 Å². The molecule has 0 amide bonds. The van der Waals surface area contributed by atoms with Crippen molar-refractivity contribution >= 4 is 21.4 Å². The van der Waals surface area contributed by atoms with Gasteiger partial charge >= 0.3 is 0 Å². The molecule has 0 bridgehead atoms. The van der Waals surface area contributed by atoms with Crippen molar-refractivity contribution in [2.75, 3.05) is 33.4 Å². The van der Waals surface area contributed by atoms with Gasteiger partial charge in [-0.1, -0.05) is 0 Å². The molecule has 1 aromatic rings. The molecule has 5 nitrogen and oxygen atoms in total. The molecular weight excluding hydrogens is 272 g/mol. The number of sulfonamides is 1. The summed E-state index contributed by atoms with van der Waals surface area (Å²) in [5.41, 5.74) is 1.03. The lowest BCUT2D eigenvalue weighted by atomic mass is 10.3. The maximum atomic E-state index is 12.4. The van der Waals surface area contributed by atoms with Crippen LogP contribution in [0, 0.1) is 6.92 Å². The summed E-state index contributed by atoms with van der Waals surface area (Å²) in [6, 6.07) is 1.77. The van der Waals surface area contributed by atoms with Crippen LogP contribution >= 0.6 is 11.3 Å². The summed E-state index contributed by atoms with van der Waals surface area (Å²) < 4.78 is 32.0. The van der Waals surface area contributed by atoms with E-state index in [1.807, 2.05) is 14.0 Å². The van der Waals surface area contributed by atoms with Crippen molar-refractivity contribution < 1.29 is 13.2 Å². The van der Waals surface area contributed by atoms with Crippen LogP contribution in [0.25, 0.3) is 0 Å². The SMILES string of the molecule is CNCc1sc(S(=O)(=O)N2CCOCC2)cc1C. The largest absolute Gasteiger partial charge is 0.379 e. The van der Waals surface area contributed by atoms with Crippen LogP contribution in [0.15, 0.2) is 10.3 Å². The normalized spacial score (nSPS) is 18.1. The van der Waals surface area contributed by atoms with E-state index in [-0.39, 0.29) is 0 Å². The van der Waals surface area contributed by atoms with Gasteiger partial charge in [0.1, 0.15) is 4.21 Å². The Kier molecular flexibility index (Phi) is 4.39. The minimum Gasteiger partial charge on any atom is -0.379 e. The van der Waals surface area contributed by atoms with E-state index in [0.29, 0.717) is 37.1 Å². The van der Waals surface area contributed by atoms with Gasteiger partial charge in [-0.3, -0.25) is 0 Å². The highest BCUT2D eigenvalue weighted by Crippen LogP contribution is 2.28. The molecule has 0 saturated carbocycles. The average Bonchev–Trinajstić information content (AvgIpc) is 2.73. The fraction of sp³-hybridized carbons (Fsp3) is 0.636. The summed E-state index contributed by atoms with van der Waals surface area (Å²) in [4.78, 5) is 1.07. The number of nitrogens with zero attached hydrogens (tertiary/aromatic N) is 1. The predicted octanol–water partition coefficient (Wildman–Crippen LogP) is 0.797. The predicted molar refractivity (Wildman–Crippen MR) is 71.4 cm³/mol. The molecule has 1 fully saturated rings. The first-order valence-corrected chi connectivity index (χ1v) is 8.13. The van der Waals surface area contributed by atoms with E-state index in [4.69, 9.17) is 4.74 Å². The number of aryl methyl sites for hydroxylation is 1. The van der Waals surface area contributed by atoms with E-state index in [1.165, 1.54) is 15.6 Å². The van der Waals surface area contributed by atoms with Crippen molar-refractivity contribution in [3.05, 3.63) is 16.5 Å². The number of ether oxygens (including phenoxy) is 1. The fourth-order valence-corrected chi connectivity index (χ4v) is 5.03. The van der Waals surface area contributed by atoms with Gasteiger partial charge in [0.2, 0.25) is 0 Å². The third kappa shape index (κ3) is 2.75. The standard InChI is InChI=1S/C11H18N2O3S2/c1-9-7-11(17-10(9)8-12-2)18(14,15)13-3-5-16-6-4-13/h7,12H,3-6,8H2,1-2H3. The minimum atomic E-state index is -3.34. The van der Waals surface area contributed by atoms with Crippen molar-refractivity contribution in [1.82, 2.24) is 9.62 Å². The maximum absolute atomic E-state index is 12.4. The Morgan fingerprint density at radius 1 is 1.44 bits per heavy atom. The molecule has 18 heavy (non-hydrogen) atoms. The van der Waals surface area contributed by atoms with Gasteiger partial charge < -0.3 is 10.1 Å². The van der Waals surface area contributed by atoms with Crippen molar-refractivity contribution in [3.63, 3.8) is 0 Å². The molecule has 2 heterocycles. The van der Waals surface area contributed by atoms with Gasteiger partial charge in [0, 0.05) is 24.5 Å². The van der Waals surface area contributed by atoms with Gasteiger partial charge in [0.05, 0.1) is 13.2 Å². The van der Waals surface area contributed by atoms with E-state index in [9.17, 15) is 8.42 Å². The molecule has 0 aliphatic carbocycles. The highest BCUT2D eigenvalue weighted by molar-refractivity contribution is 7.91. The van der Waals surface area contributed by atoms with Crippen molar-refractivity contribution in [1.29, 1.82) is 0 Å². The smallest absolute Gasteiger partial charge is 0.252 e. The zero-order chi connectivity index (χ0) is 13.2. The van der Waals surface area contributed by atoms with E-state index in [0.717, 1.165) is 10.4 Å². The third-order valence-corrected chi connectivity index (χ3v) is 6.48. The number of rotatable bonds is 4. The second-order valence-corrected chi connectivity index (χ2v) is 7.52. The van der Waals surface area contributed by atoms with Crippen LogP contribution in [-0.4, -0.2) is 46.1 Å². The molecule has 1 N–H and O–H groups in total. The Labute approximate surface area is 112 Å². The Hall–Kier alpha value is -0.470. The molecule has 1 saturated heterocycles. The molecule has 1 aromatic heterocycles. The van der Waals surface area contributed by atoms with Crippen LogP contribution in [0.5, 0.6) is 0 Å². The number of nitrogens with one attached hydrogen (secondary N) is 1. The van der Waals surface area contributed by atoms with Crippen LogP contribution in [0.2, 0.25) is 0 Å². The molecule has 7 heteroatoms. The Morgan fingerprint density at radius 2 is 2.11 bits per heavy atom. The van der Waals surface area contributed by atoms with Gasteiger partial charge in [-0.15, -0.1) is 11.3 Å². The van der Waals surface area contributed by atoms with Crippen LogP contribution in [0.1, 0.15) is 10.4 Å². The summed E-state index contributed by atoms with van der Waals surface area (Å²) >= 11 is 1.35. The summed E-state index contributed by atoms with van der Waals surface area (Å²) in [7, 11) is -1.48. The second kappa shape index (κ2) is 5.66. The van der Waals surface area contributed by atoms with E-state index >= 15 is 0 Å². The van der Waals surface area contributed by atoms with Crippen LogP contribution in [0.4, 0.5) is 0 Å². The van der Waals surface area contributed by atoms with Gasteiger partial charge in [-0.2, -0.15) is 4.31 Å². The lowest BCUT2D eigenvalue weighted by Gasteiger charge is -2.25. The lowest BCUT2D eigenvalue weighted by molar-refractivity contribution is 0.0731. The number of thiophene rings is 1. The quantitative estimate of drug-likeness (QED) is 0.891. The molecule has 0 unspecified atom stereocenters. The summed E-state index contributed by atoms with van der Waals surface area (Å²) in [6.45, 7) is 4.50. The Balaban J connectivity index is 2.26. The third-order valence-electron chi connectivity index (χ3n) is 2.90. The molecule has 0 spiro atoms. The summed E-state index contributed by atoms with van der Waals surface area (Å²) in [6.07, 6.45) is 0. The molecule has 0 radical (unpaired) electrons. The molecule has 102 valence electrons. The first-order valence-electron chi connectivity index (χ1n) is 5.87. The van der Waals surface area contributed by atoms with Crippen LogP contribution < -0.4 is 5.32 Å². The molecule has 1 aliphatic rings. The van der Waals surface area contributed by atoms with Gasteiger partial charge in [0.25, 0.3) is 10.0 Å². The number of morpholine rings is 1. The molecular formula is C11H18N2O3S2. The molecule has 2 rings (SSSR count). The first kappa shape index (κ1) is 14.0. The van der Waals surface area contributed by atoms with E-state index in [2.05, 4.69) is 5.32 Å². The maximum Gasteiger partial charge on any atom is 0.252 e. The zero-order valence-electron chi connectivity index (χ0n) is 10.6. The fourth-order valence-electron chi connectivity index (χ4n) is 1.87. The summed E-state index contributed by atoms with van der Waals surface area (Å²) in [5.74, 6) is 0. The Morgan fingerprint density at radius 3 is 2.72 bits per heavy atom. The highest BCUT2D eigenvalue weighted by Gasteiger charge is 2.28. The van der Waals surface area contributed by atoms with Gasteiger partial charge in [-0.25, -0.2) is 8.42 Å². The minimum absolute atomic E-state index is 0.437.